The zero-order valence-electron chi connectivity index (χ0n) is 12.3. The number of halogens is 1. The second-order valence-corrected chi connectivity index (χ2v) is 5.01. The first-order valence-corrected chi connectivity index (χ1v) is 6.93. The highest BCUT2D eigenvalue weighted by Gasteiger charge is 2.17. The molecule has 0 aliphatic rings. The van der Waals surface area contributed by atoms with Crippen LogP contribution in [0.5, 0.6) is 0 Å². The van der Waals surface area contributed by atoms with Crippen LogP contribution >= 0.6 is 11.6 Å². The van der Waals surface area contributed by atoms with Gasteiger partial charge in [-0.25, -0.2) is 14.8 Å². The lowest BCUT2D eigenvalue weighted by molar-refractivity contribution is -0.384. The molecule has 0 radical (unpaired) electrons. The maximum Gasteiger partial charge on any atom is 0.310 e. The van der Waals surface area contributed by atoms with Crippen LogP contribution in [0.2, 0.25) is 5.02 Å². The molecular weight excluding hydrogens is 334 g/mol. The fourth-order valence-corrected chi connectivity index (χ4v) is 1.95. The van der Waals surface area contributed by atoms with Gasteiger partial charge in [-0.1, -0.05) is 11.6 Å². The van der Waals surface area contributed by atoms with Gasteiger partial charge in [-0.2, -0.15) is 5.26 Å². The molecule has 2 heterocycles. The van der Waals surface area contributed by atoms with Crippen LogP contribution in [0.15, 0.2) is 24.5 Å². The van der Waals surface area contributed by atoms with Gasteiger partial charge in [-0.3, -0.25) is 10.1 Å². The normalized spacial score (nSPS) is 11.0. The number of hydrogen-bond acceptors (Lipinski definition) is 7. The first-order valence-electron chi connectivity index (χ1n) is 6.55. The Morgan fingerprint density at radius 3 is 2.79 bits per heavy atom. The van der Waals surface area contributed by atoms with E-state index in [2.05, 4.69) is 25.4 Å². The number of nitriles is 1. The van der Waals surface area contributed by atoms with Crippen molar-refractivity contribution < 1.29 is 4.92 Å². The van der Waals surface area contributed by atoms with Crippen molar-refractivity contribution in [2.45, 2.75) is 13.0 Å². The molecule has 120 valence electrons. The van der Waals surface area contributed by atoms with Crippen molar-refractivity contribution in [2.75, 3.05) is 10.6 Å². The van der Waals surface area contributed by atoms with E-state index in [4.69, 9.17) is 23.4 Å². The molecule has 24 heavy (non-hydrogen) atoms. The molecule has 0 aromatic carbocycles. The predicted octanol–water partition coefficient (Wildman–Crippen LogP) is 3.66. The van der Waals surface area contributed by atoms with Gasteiger partial charge >= 0.3 is 5.69 Å². The number of nitrogens with zero attached hydrogens (tertiary/aromatic N) is 5. The van der Waals surface area contributed by atoms with Crippen molar-refractivity contribution in [2.24, 2.45) is 0 Å². The minimum absolute atomic E-state index is 0.139. The van der Waals surface area contributed by atoms with Crippen molar-refractivity contribution in [1.29, 1.82) is 5.26 Å². The van der Waals surface area contributed by atoms with Crippen molar-refractivity contribution in [1.82, 2.24) is 9.97 Å². The Bertz CT molecular complexity index is 872. The van der Waals surface area contributed by atoms with Crippen molar-refractivity contribution in [3.8, 4) is 6.07 Å². The number of nitro groups is 1. The Balaban J connectivity index is 2.35. The van der Waals surface area contributed by atoms with Gasteiger partial charge in [-0.05, 0) is 13.0 Å². The smallest absolute Gasteiger partial charge is 0.310 e. The summed E-state index contributed by atoms with van der Waals surface area (Å²) < 4.78 is 0. The highest BCUT2D eigenvalue weighted by atomic mass is 35.5. The molecule has 0 saturated carbocycles. The summed E-state index contributed by atoms with van der Waals surface area (Å²) in [5.74, 6) is 0.503. The van der Waals surface area contributed by atoms with Gasteiger partial charge in [0.25, 0.3) is 0 Å². The zero-order chi connectivity index (χ0) is 17.7. The predicted molar refractivity (Wildman–Crippen MR) is 88.4 cm³/mol. The van der Waals surface area contributed by atoms with Crippen LogP contribution in [0.3, 0.4) is 0 Å². The Hall–Kier alpha value is -3.43. The van der Waals surface area contributed by atoms with Crippen LogP contribution in [0, 0.1) is 28.0 Å². The van der Waals surface area contributed by atoms with E-state index in [-0.39, 0.29) is 33.7 Å². The number of anilines is 3. The maximum atomic E-state index is 11.0. The SMILES string of the molecule is [C-]#[N+]c1cnc(Nc2cc(N[C@H](C)C#N)c([N+](=O)[O-])cn2)c(Cl)c1. The standard InChI is InChI=1S/C14H10ClN7O2/c1-8(5-16)20-11-4-13(18-7-12(11)22(23)24)21-14-10(15)3-9(17-2)6-19-14/h3-4,6-8H,1H3,(H2,18,19,20,21)/t8-/m1/s1. The largest absolute Gasteiger partial charge is 0.364 e. The molecule has 0 fully saturated rings. The molecule has 0 bridgehead atoms. The molecular formula is C14H10ClN7O2. The lowest BCUT2D eigenvalue weighted by Gasteiger charge is -2.11. The molecule has 2 N–H and O–H groups in total. The van der Waals surface area contributed by atoms with Crippen LogP contribution in [0.4, 0.5) is 28.7 Å². The number of aromatic nitrogens is 2. The Morgan fingerprint density at radius 1 is 1.46 bits per heavy atom. The van der Waals surface area contributed by atoms with E-state index < -0.39 is 11.0 Å². The molecule has 2 aromatic heterocycles. The van der Waals surface area contributed by atoms with Crippen LogP contribution in [-0.4, -0.2) is 20.9 Å². The first kappa shape index (κ1) is 16.9. The molecule has 0 saturated heterocycles. The summed E-state index contributed by atoms with van der Waals surface area (Å²) in [6.07, 6.45) is 2.40. The van der Waals surface area contributed by atoms with E-state index in [1.807, 2.05) is 6.07 Å². The summed E-state index contributed by atoms with van der Waals surface area (Å²) in [6.45, 7) is 8.47. The van der Waals surface area contributed by atoms with E-state index >= 15 is 0 Å². The highest BCUT2D eigenvalue weighted by molar-refractivity contribution is 6.33. The number of rotatable bonds is 5. The summed E-state index contributed by atoms with van der Waals surface area (Å²) in [5.41, 5.74) is 0.165. The van der Waals surface area contributed by atoms with E-state index in [0.29, 0.717) is 0 Å². The molecule has 0 amide bonds. The number of hydrogen-bond donors (Lipinski definition) is 2. The first-order chi connectivity index (χ1) is 11.4. The molecule has 0 aliphatic heterocycles. The molecule has 2 rings (SSSR count). The fourth-order valence-electron chi connectivity index (χ4n) is 1.75. The summed E-state index contributed by atoms with van der Waals surface area (Å²) in [5, 5.41) is 25.7. The van der Waals surface area contributed by atoms with Gasteiger partial charge in [-0.15, -0.1) is 0 Å². The van der Waals surface area contributed by atoms with Crippen LogP contribution in [0.25, 0.3) is 4.85 Å². The van der Waals surface area contributed by atoms with Gasteiger partial charge in [0.15, 0.2) is 0 Å². The zero-order valence-corrected chi connectivity index (χ0v) is 13.1. The van der Waals surface area contributed by atoms with Crippen LogP contribution < -0.4 is 10.6 Å². The topological polar surface area (TPSA) is 121 Å². The van der Waals surface area contributed by atoms with Gasteiger partial charge in [0.1, 0.15) is 29.6 Å². The molecule has 9 nitrogen and oxygen atoms in total. The summed E-state index contributed by atoms with van der Waals surface area (Å²) in [4.78, 5) is 21.6. The van der Waals surface area contributed by atoms with Crippen molar-refractivity contribution in [3.63, 3.8) is 0 Å². The summed E-state index contributed by atoms with van der Waals surface area (Å²) >= 11 is 6.02. The van der Waals surface area contributed by atoms with E-state index in [1.54, 1.807) is 6.92 Å². The number of nitrogens with one attached hydrogen (secondary N) is 2. The highest BCUT2D eigenvalue weighted by Crippen LogP contribution is 2.30. The fraction of sp³-hybridized carbons (Fsp3) is 0.143. The molecule has 2 aromatic rings. The Labute approximate surface area is 141 Å². The minimum atomic E-state index is -0.626. The minimum Gasteiger partial charge on any atom is -0.364 e. The third-order valence-electron chi connectivity index (χ3n) is 2.85. The van der Waals surface area contributed by atoms with Crippen LogP contribution in [0.1, 0.15) is 6.92 Å². The molecule has 0 spiro atoms. The van der Waals surface area contributed by atoms with Gasteiger partial charge < -0.3 is 10.6 Å². The third kappa shape index (κ3) is 3.85. The molecule has 0 unspecified atom stereocenters. The van der Waals surface area contributed by atoms with Gasteiger partial charge in [0.2, 0.25) is 5.69 Å². The lowest BCUT2D eigenvalue weighted by Crippen LogP contribution is -2.14. The number of pyridine rings is 2. The average Bonchev–Trinajstić information content (AvgIpc) is 2.56. The van der Waals surface area contributed by atoms with E-state index in [0.717, 1.165) is 6.20 Å². The monoisotopic (exact) mass is 343 g/mol. The molecule has 10 heteroatoms. The Morgan fingerprint density at radius 2 is 2.21 bits per heavy atom. The average molecular weight is 344 g/mol. The summed E-state index contributed by atoms with van der Waals surface area (Å²) in [7, 11) is 0. The van der Waals surface area contributed by atoms with Crippen molar-refractivity contribution in [3.05, 3.63) is 51.1 Å². The van der Waals surface area contributed by atoms with E-state index in [9.17, 15) is 10.1 Å². The van der Waals surface area contributed by atoms with Gasteiger partial charge in [0.05, 0.1) is 22.6 Å². The Kier molecular flexibility index (Phi) is 5.09. The third-order valence-corrected chi connectivity index (χ3v) is 3.14. The van der Waals surface area contributed by atoms with E-state index in [1.165, 1.54) is 18.3 Å². The van der Waals surface area contributed by atoms with Gasteiger partial charge in [0, 0.05) is 12.3 Å². The van der Waals surface area contributed by atoms with Crippen molar-refractivity contribution >= 4 is 40.3 Å². The van der Waals surface area contributed by atoms with Crippen LogP contribution in [-0.2, 0) is 0 Å². The molecule has 0 aliphatic carbocycles. The maximum absolute atomic E-state index is 11.0. The quantitative estimate of drug-likeness (QED) is 0.482. The lowest BCUT2D eigenvalue weighted by atomic mass is 10.3. The summed E-state index contributed by atoms with van der Waals surface area (Å²) in [6, 6.07) is 4.13. The second-order valence-electron chi connectivity index (χ2n) is 4.60. The molecule has 1 atom stereocenters. The second kappa shape index (κ2) is 7.22.